The number of nitriles is 1. The molecule has 1 aromatic carbocycles. The molecule has 0 aromatic heterocycles. The molecule has 0 unspecified atom stereocenters. The Morgan fingerprint density at radius 2 is 2.18 bits per heavy atom. The Morgan fingerprint density at radius 1 is 1.47 bits per heavy atom. The molecule has 0 fully saturated rings. The number of carbonyl (C=O) groups is 1. The van der Waals surface area contributed by atoms with Gasteiger partial charge in [0.05, 0.1) is 12.7 Å². The molecule has 90 valence electrons. The SMILES string of the molecule is C[C@@H](CCOc1ccccc1)C(=O)NCC#N. The lowest BCUT2D eigenvalue weighted by Crippen LogP contribution is -2.30. The van der Waals surface area contributed by atoms with Crippen LogP contribution in [0, 0.1) is 17.2 Å². The zero-order valence-corrected chi connectivity index (χ0v) is 9.85. The smallest absolute Gasteiger partial charge is 0.223 e. The van der Waals surface area contributed by atoms with E-state index in [1.807, 2.05) is 43.3 Å². The molecule has 0 saturated heterocycles. The van der Waals surface area contributed by atoms with Crippen LogP contribution < -0.4 is 10.1 Å². The molecule has 0 aliphatic carbocycles. The number of hydrogen-bond donors (Lipinski definition) is 1. The van der Waals surface area contributed by atoms with Gasteiger partial charge in [-0.25, -0.2) is 0 Å². The molecule has 0 aliphatic heterocycles. The van der Waals surface area contributed by atoms with Crippen LogP contribution in [0.4, 0.5) is 0 Å². The van der Waals surface area contributed by atoms with Gasteiger partial charge in [0.25, 0.3) is 0 Å². The third kappa shape index (κ3) is 5.03. The highest BCUT2D eigenvalue weighted by Crippen LogP contribution is 2.10. The molecule has 4 heteroatoms. The topological polar surface area (TPSA) is 62.1 Å². The first-order valence-electron chi connectivity index (χ1n) is 5.56. The van der Waals surface area contributed by atoms with Crippen LogP contribution in [0.3, 0.4) is 0 Å². The molecule has 0 aliphatic rings. The number of rotatable bonds is 6. The van der Waals surface area contributed by atoms with Crippen LogP contribution in [0.1, 0.15) is 13.3 Å². The maximum Gasteiger partial charge on any atom is 0.223 e. The normalized spacial score (nSPS) is 11.3. The number of benzene rings is 1. The third-order valence-electron chi connectivity index (χ3n) is 2.35. The average molecular weight is 232 g/mol. The van der Waals surface area contributed by atoms with Gasteiger partial charge in [0.15, 0.2) is 0 Å². The summed E-state index contributed by atoms with van der Waals surface area (Å²) in [7, 11) is 0. The summed E-state index contributed by atoms with van der Waals surface area (Å²) in [6.45, 7) is 2.37. The second-order valence-corrected chi connectivity index (χ2v) is 3.73. The first-order valence-corrected chi connectivity index (χ1v) is 5.56. The average Bonchev–Trinajstić information content (AvgIpc) is 2.37. The molecule has 1 atom stereocenters. The van der Waals surface area contributed by atoms with E-state index in [9.17, 15) is 4.79 Å². The van der Waals surface area contributed by atoms with Gasteiger partial charge in [0.1, 0.15) is 12.3 Å². The van der Waals surface area contributed by atoms with Crippen LogP contribution in [0.25, 0.3) is 0 Å². The maximum absolute atomic E-state index is 11.4. The molecule has 1 rings (SSSR count). The van der Waals surface area contributed by atoms with E-state index in [4.69, 9.17) is 10.00 Å². The van der Waals surface area contributed by atoms with Crippen molar-refractivity contribution in [2.45, 2.75) is 13.3 Å². The van der Waals surface area contributed by atoms with E-state index in [1.54, 1.807) is 0 Å². The van der Waals surface area contributed by atoms with Crippen LogP contribution in [0.15, 0.2) is 30.3 Å². The first-order chi connectivity index (χ1) is 8.24. The Balaban J connectivity index is 2.22. The second-order valence-electron chi connectivity index (χ2n) is 3.73. The summed E-state index contributed by atoms with van der Waals surface area (Å²) in [5.74, 6) is 0.549. The fourth-order valence-electron chi connectivity index (χ4n) is 1.30. The van der Waals surface area contributed by atoms with Crippen molar-refractivity contribution in [3.05, 3.63) is 30.3 Å². The van der Waals surface area contributed by atoms with Gasteiger partial charge in [0, 0.05) is 5.92 Å². The van der Waals surface area contributed by atoms with E-state index in [2.05, 4.69) is 5.32 Å². The highest BCUT2D eigenvalue weighted by atomic mass is 16.5. The molecule has 4 nitrogen and oxygen atoms in total. The molecule has 17 heavy (non-hydrogen) atoms. The Kier molecular flexibility index (Phi) is 5.59. The van der Waals surface area contributed by atoms with Crippen LogP contribution in [-0.4, -0.2) is 19.1 Å². The third-order valence-corrected chi connectivity index (χ3v) is 2.35. The summed E-state index contributed by atoms with van der Waals surface area (Å²) >= 11 is 0. The second kappa shape index (κ2) is 7.29. The lowest BCUT2D eigenvalue weighted by atomic mass is 10.1. The lowest BCUT2D eigenvalue weighted by molar-refractivity contribution is -0.124. The fraction of sp³-hybridized carbons (Fsp3) is 0.385. The van der Waals surface area contributed by atoms with Crippen molar-refractivity contribution in [3.63, 3.8) is 0 Å². The Bertz CT molecular complexity index is 384. The standard InChI is InChI=1S/C13H16N2O2/c1-11(13(16)15-9-8-14)7-10-17-12-5-3-2-4-6-12/h2-6,11H,7,9-10H2,1H3,(H,15,16)/t11-/m0/s1. The number of nitrogens with zero attached hydrogens (tertiary/aromatic N) is 1. The van der Waals surface area contributed by atoms with Gasteiger partial charge in [0.2, 0.25) is 5.91 Å². The largest absolute Gasteiger partial charge is 0.494 e. The molecule has 0 heterocycles. The summed E-state index contributed by atoms with van der Waals surface area (Å²) in [5.41, 5.74) is 0. The number of amides is 1. The number of carbonyl (C=O) groups excluding carboxylic acids is 1. The maximum atomic E-state index is 11.4. The zero-order valence-electron chi connectivity index (χ0n) is 9.85. The minimum absolute atomic E-state index is 0.0582. The Morgan fingerprint density at radius 3 is 2.82 bits per heavy atom. The number of hydrogen-bond acceptors (Lipinski definition) is 3. The summed E-state index contributed by atoms with van der Waals surface area (Å²) in [6, 6.07) is 11.3. The Hall–Kier alpha value is -2.02. The van der Waals surface area contributed by atoms with Crippen molar-refractivity contribution in [2.75, 3.05) is 13.2 Å². The van der Waals surface area contributed by atoms with Crippen molar-refractivity contribution >= 4 is 5.91 Å². The zero-order chi connectivity index (χ0) is 12.5. The lowest BCUT2D eigenvalue weighted by Gasteiger charge is -2.11. The number of para-hydroxylation sites is 1. The van der Waals surface area contributed by atoms with Gasteiger partial charge in [-0.1, -0.05) is 25.1 Å². The molecule has 1 amide bonds. The molecule has 1 N–H and O–H groups in total. The quantitative estimate of drug-likeness (QED) is 0.760. The van der Waals surface area contributed by atoms with Crippen LogP contribution in [-0.2, 0) is 4.79 Å². The van der Waals surface area contributed by atoms with Crippen LogP contribution in [0.2, 0.25) is 0 Å². The fourth-order valence-corrected chi connectivity index (χ4v) is 1.30. The van der Waals surface area contributed by atoms with Crippen LogP contribution in [0.5, 0.6) is 5.75 Å². The summed E-state index contributed by atoms with van der Waals surface area (Å²) < 4.78 is 5.49. The van der Waals surface area contributed by atoms with E-state index in [0.29, 0.717) is 13.0 Å². The molecule has 1 aromatic rings. The monoisotopic (exact) mass is 232 g/mol. The van der Waals surface area contributed by atoms with Gasteiger partial charge in [-0.05, 0) is 18.6 Å². The van der Waals surface area contributed by atoms with Crippen molar-refractivity contribution in [1.29, 1.82) is 5.26 Å². The molecule has 0 spiro atoms. The van der Waals surface area contributed by atoms with Gasteiger partial charge in [-0.3, -0.25) is 4.79 Å². The van der Waals surface area contributed by atoms with Gasteiger partial charge < -0.3 is 10.1 Å². The van der Waals surface area contributed by atoms with Crippen molar-refractivity contribution in [3.8, 4) is 11.8 Å². The van der Waals surface area contributed by atoms with Crippen molar-refractivity contribution in [2.24, 2.45) is 5.92 Å². The predicted molar refractivity (Wildman–Crippen MR) is 64.3 cm³/mol. The predicted octanol–water partition coefficient (Wildman–Crippen LogP) is 1.73. The van der Waals surface area contributed by atoms with E-state index >= 15 is 0 Å². The highest BCUT2D eigenvalue weighted by molar-refractivity contribution is 5.78. The minimum Gasteiger partial charge on any atom is -0.494 e. The molecular weight excluding hydrogens is 216 g/mol. The summed E-state index contributed by atoms with van der Waals surface area (Å²) in [4.78, 5) is 11.4. The van der Waals surface area contributed by atoms with Gasteiger partial charge in [-0.15, -0.1) is 0 Å². The van der Waals surface area contributed by atoms with E-state index in [0.717, 1.165) is 5.75 Å². The van der Waals surface area contributed by atoms with Gasteiger partial charge >= 0.3 is 0 Å². The molecule has 0 radical (unpaired) electrons. The molecule has 0 saturated carbocycles. The van der Waals surface area contributed by atoms with Crippen LogP contribution >= 0.6 is 0 Å². The minimum atomic E-state index is -0.146. The Labute approximate surface area is 101 Å². The summed E-state index contributed by atoms with van der Waals surface area (Å²) in [5, 5.41) is 10.9. The summed E-state index contributed by atoms with van der Waals surface area (Å²) in [6.07, 6.45) is 0.631. The molecule has 0 bridgehead atoms. The number of ether oxygens (including phenoxy) is 1. The highest BCUT2D eigenvalue weighted by Gasteiger charge is 2.11. The van der Waals surface area contributed by atoms with E-state index in [1.165, 1.54) is 0 Å². The van der Waals surface area contributed by atoms with E-state index < -0.39 is 0 Å². The van der Waals surface area contributed by atoms with E-state index in [-0.39, 0.29) is 18.4 Å². The first kappa shape index (κ1) is 13.0. The van der Waals surface area contributed by atoms with Crippen molar-refractivity contribution in [1.82, 2.24) is 5.32 Å². The number of nitrogens with one attached hydrogen (secondary N) is 1. The van der Waals surface area contributed by atoms with Crippen molar-refractivity contribution < 1.29 is 9.53 Å². The molecular formula is C13H16N2O2. The van der Waals surface area contributed by atoms with Gasteiger partial charge in [-0.2, -0.15) is 5.26 Å².